The molecule has 166 valence electrons. The third-order valence-electron chi connectivity index (χ3n) is 6.15. The van der Waals surface area contributed by atoms with Gasteiger partial charge in [-0.15, -0.1) is 0 Å². The maximum Gasteiger partial charge on any atom is 0.300 e. The number of rotatable bonds is 3. The number of fused-ring (bicyclic) bond motifs is 1. The summed E-state index contributed by atoms with van der Waals surface area (Å²) >= 11 is 0. The van der Waals surface area contributed by atoms with E-state index in [9.17, 15) is 19.8 Å². The number of ketones is 1. The van der Waals surface area contributed by atoms with Crippen LogP contribution in [0.3, 0.4) is 0 Å². The van der Waals surface area contributed by atoms with Gasteiger partial charge in [-0.05, 0) is 73.4 Å². The summed E-state index contributed by atoms with van der Waals surface area (Å²) in [7, 11) is 0. The van der Waals surface area contributed by atoms with Crippen LogP contribution in [0.25, 0.3) is 5.76 Å². The van der Waals surface area contributed by atoms with E-state index in [0.29, 0.717) is 23.4 Å². The van der Waals surface area contributed by atoms with E-state index in [0.717, 1.165) is 29.7 Å². The molecule has 1 saturated heterocycles. The first-order valence-corrected chi connectivity index (χ1v) is 10.9. The van der Waals surface area contributed by atoms with E-state index in [1.54, 1.807) is 36.4 Å². The van der Waals surface area contributed by atoms with Crippen LogP contribution < -0.4 is 9.64 Å². The lowest BCUT2D eigenvalue weighted by Gasteiger charge is -2.25. The number of aromatic hydroxyl groups is 1. The van der Waals surface area contributed by atoms with Crippen LogP contribution in [0, 0.1) is 6.92 Å². The topological polar surface area (TPSA) is 87.1 Å². The van der Waals surface area contributed by atoms with Gasteiger partial charge in [-0.1, -0.05) is 29.8 Å². The molecule has 6 nitrogen and oxygen atoms in total. The standard InChI is InChI=1S/C27H23NO5/c1-16-4-9-20(10-5-16)28-24(17-6-11-21(29)12-7-17)23(26(31)27(28)32)25(30)19-8-13-22-18(15-19)3-2-14-33-22/h4-13,15,24,29-30H,2-3,14H2,1H3/b25-23-. The van der Waals surface area contributed by atoms with Gasteiger partial charge in [0.1, 0.15) is 17.3 Å². The molecule has 2 N–H and O–H groups in total. The highest BCUT2D eigenvalue weighted by atomic mass is 16.5. The van der Waals surface area contributed by atoms with Gasteiger partial charge in [-0.3, -0.25) is 14.5 Å². The SMILES string of the molecule is Cc1ccc(N2C(=O)C(=O)/C(=C(\O)c3ccc4c(c3)CCCO4)C2c2ccc(O)cc2)cc1. The second kappa shape index (κ2) is 8.13. The monoisotopic (exact) mass is 441 g/mol. The molecule has 1 fully saturated rings. The van der Waals surface area contributed by atoms with Crippen molar-refractivity contribution in [2.24, 2.45) is 0 Å². The van der Waals surface area contributed by atoms with Gasteiger partial charge in [0.25, 0.3) is 11.7 Å². The number of carbonyl (C=O) groups excluding carboxylic acids is 2. The molecule has 3 aromatic carbocycles. The molecule has 0 spiro atoms. The molecule has 0 bridgehead atoms. The van der Waals surface area contributed by atoms with E-state index in [4.69, 9.17) is 4.74 Å². The molecule has 0 radical (unpaired) electrons. The van der Waals surface area contributed by atoms with Crippen LogP contribution in [0.5, 0.6) is 11.5 Å². The number of aliphatic hydroxyl groups excluding tert-OH is 1. The Kier molecular flexibility index (Phi) is 5.13. The summed E-state index contributed by atoms with van der Waals surface area (Å²) in [6, 6.07) is 18.1. The molecular weight excluding hydrogens is 418 g/mol. The van der Waals surface area contributed by atoms with E-state index in [1.165, 1.54) is 17.0 Å². The van der Waals surface area contributed by atoms with Gasteiger partial charge in [0.15, 0.2) is 0 Å². The quantitative estimate of drug-likeness (QED) is 0.351. The van der Waals surface area contributed by atoms with Crippen molar-refractivity contribution in [1.82, 2.24) is 0 Å². The predicted octanol–water partition coefficient (Wildman–Crippen LogP) is 4.65. The lowest BCUT2D eigenvalue weighted by molar-refractivity contribution is -0.132. The Hall–Kier alpha value is -4.06. The Bertz CT molecular complexity index is 1270. The molecule has 1 atom stereocenters. The van der Waals surface area contributed by atoms with Crippen molar-refractivity contribution in [1.29, 1.82) is 0 Å². The van der Waals surface area contributed by atoms with Gasteiger partial charge in [0.2, 0.25) is 0 Å². The lowest BCUT2D eigenvalue weighted by Crippen LogP contribution is -2.29. The molecule has 0 saturated carbocycles. The average molecular weight is 441 g/mol. The molecule has 3 aromatic rings. The van der Waals surface area contributed by atoms with Crippen LogP contribution >= 0.6 is 0 Å². The van der Waals surface area contributed by atoms with Crippen LogP contribution in [0.2, 0.25) is 0 Å². The molecule has 33 heavy (non-hydrogen) atoms. The van der Waals surface area contributed by atoms with E-state index in [-0.39, 0.29) is 17.1 Å². The molecule has 2 aliphatic rings. The van der Waals surface area contributed by atoms with Gasteiger partial charge < -0.3 is 14.9 Å². The minimum atomic E-state index is -0.833. The van der Waals surface area contributed by atoms with Gasteiger partial charge >= 0.3 is 0 Å². The number of hydrogen-bond acceptors (Lipinski definition) is 5. The number of phenols is 1. The Labute approximate surface area is 191 Å². The van der Waals surface area contributed by atoms with Crippen molar-refractivity contribution in [3.8, 4) is 11.5 Å². The number of nitrogens with zero attached hydrogens (tertiary/aromatic N) is 1. The second-order valence-corrected chi connectivity index (χ2v) is 8.37. The van der Waals surface area contributed by atoms with Crippen molar-refractivity contribution in [3.05, 3.63) is 94.6 Å². The smallest absolute Gasteiger partial charge is 0.300 e. The molecule has 5 rings (SSSR count). The fraction of sp³-hybridized carbons (Fsp3) is 0.185. The summed E-state index contributed by atoms with van der Waals surface area (Å²) in [5.74, 6) is -0.844. The number of aryl methyl sites for hydroxylation is 2. The van der Waals surface area contributed by atoms with Crippen molar-refractivity contribution in [2.75, 3.05) is 11.5 Å². The molecule has 6 heteroatoms. The fourth-order valence-electron chi connectivity index (χ4n) is 4.44. The molecule has 0 aromatic heterocycles. The average Bonchev–Trinajstić information content (AvgIpc) is 3.10. The lowest BCUT2D eigenvalue weighted by atomic mass is 9.93. The molecule has 1 amide bonds. The van der Waals surface area contributed by atoms with E-state index in [2.05, 4.69) is 0 Å². The number of amides is 1. The third-order valence-corrected chi connectivity index (χ3v) is 6.15. The number of carbonyl (C=O) groups is 2. The minimum absolute atomic E-state index is 0.0166. The first kappa shape index (κ1) is 20.8. The number of anilines is 1. The van der Waals surface area contributed by atoms with Crippen LogP contribution in [0.4, 0.5) is 5.69 Å². The van der Waals surface area contributed by atoms with Crippen LogP contribution in [-0.4, -0.2) is 28.5 Å². The highest BCUT2D eigenvalue weighted by molar-refractivity contribution is 6.51. The van der Waals surface area contributed by atoms with Crippen molar-refractivity contribution in [3.63, 3.8) is 0 Å². The van der Waals surface area contributed by atoms with E-state index >= 15 is 0 Å². The Morgan fingerprint density at radius 3 is 2.45 bits per heavy atom. The maximum absolute atomic E-state index is 13.2. The Morgan fingerprint density at radius 2 is 1.73 bits per heavy atom. The van der Waals surface area contributed by atoms with Crippen molar-refractivity contribution in [2.45, 2.75) is 25.8 Å². The van der Waals surface area contributed by atoms with E-state index < -0.39 is 17.7 Å². The first-order valence-electron chi connectivity index (χ1n) is 10.9. The summed E-state index contributed by atoms with van der Waals surface area (Å²) in [5, 5.41) is 21.1. The van der Waals surface area contributed by atoms with Gasteiger partial charge in [-0.25, -0.2) is 0 Å². The van der Waals surface area contributed by atoms with Gasteiger partial charge in [0.05, 0.1) is 18.2 Å². The number of hydrogen-bond donors (Lipinski definition) is 2. The summed E-state index contributed by atoms with van der Waals surface area (Å²) in [6.45, 7) is 2.59. The van der Waals surface area contributed by atoms with Gasteiger partial charge in [-0.2, -0.15) is 0 Å². The number of aliphatic hydroxyl groups is 1. The molecule has 1 unspecified atom stereocenters. The third kappa shape index (κ3) is 3.63. The number of phenolic OH excluding ortho intramolecular Hbond substituents is 1. The fourth-order valence-corrected chi connectivity index (χ4v) is 4.44. The van der Waals surface area contributed by atoms with Crippen LogP contribution in [0.15, 0.2) is 72.3 Å². The highest BCUT2D eigenvalue weighted by Gasteiger charge is 2.47. The summed E-state index contributed by atoms with van der Waals surface area (Å²) in [4.78, 5) is 27.8. The zero-order valence-corrected chi connectivity index (χ0v) is 18.1. The molecular formula is C27H23NO5. The number of benzene rings is 3. The summed E-state index contributed by atoms with van der Waals surface area (Å²) in [6.07, 6.45) is 1.69. The maximum atomic E-state index is 13.2. The minimum Gasteiger partial charge on any atom is -0.508 e. The zero-order valence-electron chi connectivity index (χ0n) is 18.1. The van der Waals surface area contributed by atoms with Crippen LogP contribution in [0.1, 0.15) is 34.7 Å². The second-order valence-electron chi connectivity index (χ2n) is 8.37. The van der Waals surface area contributed by atoms with Crippen molar-refractivity contribution >= 4 is 23.1 Å². The normalized spacial score (nSPS) is 19.3. The Morgan fingerprint density at radius 1 is 1.00 bits per heavy atom. The molecule has 2 heterocycles. The summed E-state index contributed by atoms with van der Waals surface area (Å²) in [5.41, 5.74) is 3.62. The Balaban J connectivity index is 1.68. The van der Waals surface area contributed by atoms with Gasteiger partial charge in [0, 0.05) is 11.3 Å². The van der Waals surface area contributed by atoms with E-state index in [1.807, 2.05) is 25.1 Å². The first-order chi connectivity index (χ1) is 15.9. The van der Waals surface area contributed by atoms with Crippen LogP contribution in [-0.2, 0) is 16.0 Å². The van der Waals surface area contributed by atoms with Crippen molar-refractivity contribution < 1.29 is 24.5 Å². The summed E-state index contributed by atoms with van der Waals surface area (Å²) < 4.78 is 5.66. The number of ether oxygens (including phenoxy) is 1. The number of Topliss-reactive ketones (excluding diaryl/α,β-unsaturated/α-hetero) is 1. The predicted molar refractivity (Wildman–Crippen MR) is 124 cm³/mol. The molecule has 2 aliphatic heterocycles. The largest absolute Gasteiger partial charge is 0.508 e. The zero-order chi connectivity index (χ0) is 23.1. The highest BCUT2D eigenvalue weighted by Crippen LogP contribution is 2.43. The molecule has 0 aliphatic carbocycles.